The molecule has 0 aliphatic carbocycles. The summed E-state index contributed by atoms with van der Waals surface area (Å²) in [7, 11) is 1.60. The van der Waals surface area contributed by atoms with Gasteiger partial charge in [-0.3, -0.25) is 4.79 Å². The third kappa shape index (κ3) is 5.21. The van der Waals surface area contributed by atoms with Crippen LogP contribution in [0.15, 0.2) is 22.7 Å². The van der Waals surface area contributed by atoms with Gasteiger partial charge in [0, 0.05) is 30.1 Å². The van der Waals surface area contributed by atoms with E-state index in [2.05, 4.69) is 46.9 Å². The normalized spacial score (nSPS) is 23.3. The third-order valence-electron chi connectivity index (χ3n) is 4.27. The van der Waals surface area contributed by atoms with E-state index in [0.29, 0.717) is 11.3 Å². The van der Waals surface area contributed by atoms with Gasteiger partial charge in [0.2, 0.25) is 0 Å². The van der Waals surface area contributed by atoms with Crippen molar-refractivity contribution in [3.05, 3.63) is 28.2 Å². The Kier molecular flexibility index (Phi) is 6.48. The molecule has 2 rings (SSSR count). The van der Waals surface area contributed by atoms with E-state index >= 15 is 0 Å². The summed E-state index contributed by atoms with van der Waals surface area (Å²) in [4.78, 5) is 15.0. The highest BCUT2D eigenvalue weighted by atomic mass is 79.9. The molecular formula is C18H27BrN2O2. The number of carbonyl (C=O) groups is 1. The van der Waals surface area contributed by atoms with Crippen LogP contribution in [0.3, 0.4) is 0 Å². The second-order valence-corrected chi connectivity index (χ2v) is 7.74. The molecule has 1 saturated heterocycles. The molecule has 0 radical (unpaired) electrons. The second-order valence-electron chi connectivity index (χ2n) is 6.88. The molecule has 1 heterocycles. The summed E-state index contributed by atoms with van der Waals surface area (Å²) in [6.45, 7) is 9.80. The van der Waals surface area contributed by atoms with Gasteiger partial charge in [-0.2, -0.15) is 0 Å². The number of likely N-dealkylation sites (tertiary alicyclic amines) is 1. The van der Waals surface area contributed by atoms with Crippen LogP contribution in [-0.2, 0) is 0 Å². The average molecular weight is 383 g/mol. The number of hydrogen-bond acceptors (Lipinski definition) is 3. The van der Waals surface area contributed by atoms with Crippen LogP contribution in [0.2, 0.25) is 0 Å². The van der Waals surface area contributed by atoms with Crippen molar-refractivity contribution in [2.45, 2.75) is 33.2 Å². The van der Waals surface area contributed by atoms with Gasteiger partial charge in [-0.15, -0.1) is 0 Å². The highest BCUT2D eigenvalue weighted by molar-refractivity contribution is 9.10. The Morgan fingerprint density at radius 1 is 1.39 bits per heavy atom. The van der Waals surface area contributed by atoms with Crippen molar-refractivity contribution in [2.75, 3.05) is 26.7 Å². The smallest absolute Gasteiger partial charge is 0.252 e. The number of nitrogens with zero attached hydrogens (tertiary/aromatic N) is 1. The molecule has 23 heavy (non-hydrogen) atoms. The number of benzene rings is 1. The van der Waals surface area contributed by atoms with E-state index in [-0.39, 0.29) is 11.9 Å². The molecule has 1 aliphatic heterocycles. The van der Waals surface area contributed by atoms with Crippen LogP contribution < -0.4 is 10.1 Å². The summed E-state index contributed by atoms with van der Waals surface area (Å²) in [5, 5.41) is 3.10. The van der Waals surface area contributed by atoms with Gasteiger partial charge in [-0.1, -0.05) is 13.8 Å². The standard InChI is InChI=1S/C18H27BrN2O2/c1-12-7-13(2)10-21(9-12)11-14(3)20-18(22)16-8-15(23-4)5-6-17(16)19/h5-6,8,12-14H,7,9-11H2,1-4H3,(H,20,22). The summed E-state index contributed by atoms with van der Waals surface area (Å²) < 4.78 is 5.98. The number of halogens is 1. The Hall–Kier alpha value is -1.07. The Morgan fingerprint density at radius 3 is 2.65 bits per heavy atom. The average Bonchev–Trinajstić information content (AvgIpc) is 2.46. The SMILES string of the molecule is COc1ccc(Br)c(C(=O)NC(C)CN2CC(C)CC(C)C2)c1. The molecule has 0 aromatic heterocycles. The van der Waals surface area contributed by atoms with Gasteiger partial charge in [-0.25, -0.2) is 0 Å². The molecular weight excluding hydrogens is 356 g/mol. The van der Waals surface area contributed by atoms with Gasteiger partial charge in [0.05, 0.1) is 12.7 Å². The third-order valence-corrected chi connectivity index (χ3v) is 4.96. The molecule has 1 aromatic rings. The fourth-order valence-corrected chi connectivity index (χ4v) is 3.91. The van der Waals surface area contributed by atoms with E-state index in [1.807, 2.05) is 12.1 Å². The first-order chi connectivity index (χ1) is 10.9. The first-order valence-electron chi connectivity index (χ1n) is 8.25. The Bertz CT molecular complexity index is 540. The molecule has 4 nitrogen and oxygen atoms in total. The fourth-order valence-electron chi connectivity index (χ4n) is 3.48. The van der Waals surface area contributed by atoms with Crippen molar-refractivity contribution in [1.29, 1.82) is 0 Å². The molecule has 1 N–H and O–H groups in total. The topological polar surface area (TPSA) is 41.6 Å². The van der Waals surface area contributed by atoms with Gasteiger partial charge in [0.25, 0.3) is 5.91 Å². The van der Waals surface area contributed by atoms with Crippen molar-refractivity contribution < 1.29 is 9.53 Å². The second kappa shape index (κ2) is 8.15. The van der Waals surface area contributed by atoms with Crippen LogP contribution in [0, 0.1) is 11.8 Å². The van der Waals surface area contributed by atoms with Gasteiger partial charge in [0.1, 0.15) is 5.75 Å². The maximum absolute atomic E-state index is 12.5. The van der Waals surface area contributed by atoms with E-state index in [1.165, 1.54) is 6.42 Å². The maximum Gasteiger partial charge on any atom is 0.252 e. The van der Waals surface area contributed by atoms with Crippen molar-refractivity contribution in [3.8, 4) is 5.75 Å². The molecule has 1 aliphatic rings. The predicted octanol–water partition coefficient (Wildman–Crippen LogP) is 3.55. The molecule has 1 aromatic carbocycles. The molecule has 3 atom stereocenters. The largest absolute Gasteiger partial charge is 0.497 e. The van der Waals surface area contributed by atoms with E-state index in [9.17, 15) is 4.79 Å². The van der Waals surface area contributed by atoms with Crippen molar-refractivity contribution in [3.63, 3.8) is 0 Å². The number of amides is 1. The van der Waals surface area contributed by atoms with Gasteiger partial charge >= 0.3 is 0 Å². The van der Waals surface area contributed by atoms with Gasteiger partial charge in [-0.05, 0) is 59.3 Å². The summed E-state index contributed by atoms with van der Waals surface area (Å²) in [6.07, 6.45) is 1.30. The Balaban J connectivity index is 1.94. The monoisotopic (exact) mass is 382 g/mol. The lowest BCUT2D eigenvalue weighted by atomic mass is 9.92. The number of nitrogens with one attached hydrogen (secondary N) is 1. The molecule has 0 spiro atoms. The van der Waals surface area contributed by atoms with Crippen LogP contribution in [0.25, 0.3) is 0 Å². The van der Waals surface area contributed by atoms with Crippen molar-refractivity contribution in [1.82, 2.24) is 10.2 Å². The Morgan fingerprint density at radius 2 is 2.04 bits per heavy atom. The van der Waals surface area contributed by atoms with Gasteiger partial charge in [0.15, 0.2) is 0 Å². The van der Waals surface area contributed by atoms with Crippen molar-refractivity contribution >= 4 is 21.8 Å². The van der Waals surface area contributed by atoms with Crippen LogP contribution in [0.5, 0.6) is 5.75 Å². The van der Waals surface area contributed by atoms with Crippen LogP contribution in [-0.4, -0.2) is 43.6 Å². The predicted molar refractivity (Wildman–Crippen MR) is 97.0 cm³/mol. The molecule has 1 fully saturated rings. The van der Waals surface area contributed by atoms with Crippen LogP contribution in [0.4, 0.5) is 0 Å². The van der Waals surface area contributed by atoms with Crippen LogP contribution in [0.1, 0.15) is 37.6 Å². The number of carbonyl (C=O) groups excluding carboxylic acids is 1. The number of methoxy groups -OCH3 is 1. The number of piperidine rings is 1. The molecule has 1 amide bonds. The van der Waals surface area contributed by atoms with E-state index < -0.39 is 0 Å². The summed E-state index contributed by atoms with van der Waals surface area (Å²) in [6, 6.07) is 5.54. The minimum Gasteiger partial charge on any atom is -0.497 e. The lowest BCUT2D eigenvalue weighted by Crippen LogP contribution is -2.47. The number of rotatable bonds is 5. The fraction of sp³-hybridized carbons (Fsp3) is 0.611. The minimum atomic E-state index is -0.0682. The van der Waals surface area contributed by atoms with Crippen LogP contribution >= 0.6 is 15.9 Å². The Labute approximate surface area is 147 Å². The summed E-state index contributed by atoms with van der Waals surface area (Å²) in [5.74, 6) is 2.08. The molecule has 128 valence electrons. The molecule has 5 heteroatoms. The van der Waals surface area contributed by atoms with Gasteiger partial charge < -0.3 is 15.0 Å². The van der Waals surface area contributed by atoms with E-state index in [0.717, 1.165) is 35.9 Å². The number of ether oxygens (including phenoxy) is 1. The molecule has 3 unspecified atom stereocenters. The quantitative estimate of drug-likeness (QED) is 0.846. The maximum atomic E-state index is 12.5. The first-order valence-corrected chi connectivity index (χ1v) is 9.05. The highest BCUT2D eigenvalue weighted by Crippen LogP contribution is 2.23. The molecule has 0 bridgehead atoms. The van der Waals surface area contributed by atoms with Crippen molar-refractivity contribution in [2.24, 2.45) is 11.8 Å². The van der Waals surface area contributed by atoms with E-state index in [4.69, 9.17) is 4.74 Å². The summed E-state index contributed by atoms with van der Waals surface area (Å²) in [5.41, 5.74) is 0.608. The zero-order chi connectivity index (χ0) is 17.0. The number of hydrogen-bond donors (Lipinski definition) is 1. The zero-order valence-electron chi connectivity index (χ0n) is 14.4. The summed E-state index contributed by atoms with van der Waals surface area (Å²) >= 11 is 3.44. The molecule has 0 saturated carbocycles. The first kappa shape index (κ1) is 18.3. The lowest BCUT2D eigenvalue weighted by molar-refractivity contribution is 0.0904. The van der Waals surface area contributed by atoms with E-state index in [1.54, 1.807) is 13.2 Å². The lowest BCUT2D eigenvalue weighted by Gasteiger charge is -2.36. The highest BCUT2D eigenvalue weighted by Gasteiger charge is 2.23. The zero-order valence-corrected chi connectivity index (χ0v) is 16.0. The minimum absolute atomic E-state index is 0.0682.